The van der Waals surface area contributed by atoms with E-state index in [2.05, 4.69) is 4.98 Å². The zero-order valence-corrected chi connectivity index (χ0v) is 16.9. The van der Waals surface area contributed by atoms with E-state index >= 15 is 0 Å². The molecule has 148 valence electrons. The number of rotatable bonds is 3. The minimum absolute atomic E-state index is 0.151. The number of halogens is 1. The van der Waals surface area contributed by atoms with Crippen molar-refractivity contribution >= 4 is 31.8 Å². The van der Waals surface area contributed by atoms with E-state index in [1.54, 1.807) is 24.3 Å². The van der Waals surface area contributed by atoms with E-state index in [9.17, 15) is 12.8 Å². The molecule has 0 spiro atoms. The van der Waals surface area contributed by atoms with Crippen molar-refractivity contribution in [1.29, 1.82) is 0 Å². The van der Waals surface area contributed by atoms with E-state index < -0.39 is 15.8 Å². The van der Waals surface area contributed by atoms with Gasteiger partial charge in [-0.3, -0.25) is 0 Å². The van der Waals surface area contributed by atoms with Gasteiger partial charge in [0.25, 0.3) is 10.0 Å². The van der Waals surface area contributed by atoms with Gasteiger partial charge in [-0.05, 0) is 42.0 Å². The molecule has 5 rings (SSSR count). The number of aromatic nitrogens is 2. The first-order chi connectivity index (χ1) is 14.4. The lowest BCUT2D eigenvalue weighted by atomic mass is 10.0. The predicted molar refractivity (Wildman–Crippen MR) is 116 cm³/mol. The predicted octanol–water partition coefficient (Wildman–Crippen LogP) is 5.54. The van der Waals surface area contributed by atoms with Crippen molar-refractivity contribution in [3.63, 3.8) is 0 Å². The average molecular weight is 416 g/mol. The molecular weight excluding hydrogens is 399 g/mol. The monoisotopic (exact) mass is 416 g/mol. The molecule has 0 aliphatic carbocycles. The first-order valence-corrected chi connectivity index (χ1v) is 10.9. The van der Waals surface area contributed by atoms with Crippen LogP contribution in [0.3, 0.4) is 0 Å². The molecule has 0 atom stereocenters. The van der Waals surface area contributed by atoms with Crippen LogP contribution in [-0.4, -0.2) is 17.4 Å². The van der Waals surface area contributed by atoms with Gasteiger partial charge in [0.15, 0.2) is 5.82 Å². The molecule has 0 bridgehead atoms. The Morgan fingerprint density at radius 2 is 1.60 bits per heavy atom. The lowest BCUT2D eigenvalue weighted by Gasteiger charge is -2.12. The fourth-order valence-corrected chi connectivity index (χ4v) is 5.15. The van der Waals surface area contributed by atoms with Gasteiger partial charge in [-0.2, -0.15) is 0 Å². The summed E-state index contributed by atoms with van der Waals surface area (Å²) in [7, 11) is -3.97. The summed E-state index contributed by atoms with van der Waals surface area (Å²) in [6, 6.07) is 24.0. The summed E-state index contributed by atoms with van der Waals surface area (Å²) in [5.74, 6) is -0.211. The maximum Gasteiger partial charge on any atom is 0.269 e. The van der Waals surface area contributed by atoms with Crippen LogP contribution in [0, 0.1) is 12.7 Å². The molecule has 0 saturated heterocycles. The van der Waals surface area contributed by atoms with E-state index in [0.29, 0.717) is 11.1 Å². The summed E-state index contributed by atoms with van der Waals surface area (Å²) < 4.78 is 42.4. The Kier molecular flexibility index (Phi) is 4.18. The maximum absolute atomic E-state index is 13.9. The van der Waals surface area contributed by atoms with Crippen molar-refractivity contribution in [2.24, 2.45) is 0 Å². The van der Waals surface area contributed by atoms with Crippen molar-refractivity contribution in [2.75, 3.05) is 0 Å². The van der Waals surface area contributed by atoms with Crippen LogP contribution >= 0.6 is 0 Å². The van der Waals surface area contributed by atoms with Gasteiger partial charge in [0.1, 0.15) is 5.82 Å². The summed E-state index contributed by atoms with van der Waals surface area (Å²) >= 11 is 0. The molecule has 0 aliphatic rings. The van der Waals surface area contributed by atoms with Gasteiger partial charge in [0.05, 0.1) is 15.9 Å². The highest BCUT2D eigenvalue weighted by Crippen LogP contribution is 2.33. The van der Waals surface area contributed by atoms with Crippen LogP contribution in [0.2, 0.25) is 0 Å². The number of fused-ring (bicyclic) bond motifs is 2. The number of benzene rings is 4. The van der Waals surface area contributed by atoms with Gasteiger partial charge in [-0.1, -0.05) is 60.2 Å². The Morgan fingerprint density at radius 1 is 0.867 bits per heavy atom. The minimum Gasteiger partial charge on any atom is -0.227 e. The highest BCUT2D eigenvalue weighted by Gasteiger charge is 2.26. The quantitative estimate of drug-likeness (QED) is 0.388. The van der Waals surface area contributed by atoms with Gasteiger partial charge >= 0.3 is 0 Å². The van der Waals surface area contributed by atoms with Gasteiger partial charge < -0.3 is 0 Å². The van der Waals surface area contributed by atoms with E-state index in [0.717, 1.165) is 16.3 Å². The molecule has 0 amide bonds. The number of nitrogens with zero attached hydrogens (tertiary/aromatic N) is 2. The van der Waals surface area contributed by atoms with Crippen LogP contribution in [0.15, 0.2) is 89.8 Å². The molecule has 0 saturated carbocycles. The van der Waals surface area contributed by atoms with E-state index in [4.69, 9.17) is 0 Å². The van der Waals surface area contributed by atoms with Crippen molar-refractivity contribution in [3.05, 3.63) is 96.3 Å². The third-order valence-electron chi connectivity index (χ3n) is 5.16. The van der Waals surface area contributed by atoms with Gasteiger partial charge in [-0.15, -0.1) is 0 Å². The number of hydrogen-bond donors (Lipinski definition) is 0. The summed E-state index contributed by atoms with van der Waals surface area (Å²) in [6.07, 6.45) is 0. The summed E-state index contributed by atoms with van der Waals surface area (Å²) in [5.41, 5.74) is 2.25. The standard InChI is InChI=1S/C24H17FN2O2S/c1-16-9-12-19(13-10-16)30(28,29)27-23-14-11-18(25)15-22(23)26-24(27)21-8-4-6-17-5-2-3-7-20(17)21/h2-15H,1H3. The normalized spacial score (nSPS) is 11.9. The first kappa shape index (κ1) is 18.5. The molecule has 0 unspecified atom stereocenters. The number of imidazole rings is 1. The molecule has 0 radical (unpaired) electrons. The molecule has 4 aromatic carbocycles. The second-order valence-corrected chi connectivity index (χ2v) is 8.96. The summed E-state index contributed by atoms with van der Waals surface area (Å²) in [5, 5.41) is 1.84. The Hall–Kier alpha value is -3.51. The fourth-order valence-electron chi connectivity index (χ4n) is 3.68. The van der Waals surface area contributed by atoms with Gasteiger partial charge in [-0.25, -0.2) is 21.8 Å². The number of hydrogen-bond acceptors (Lipinski definition) is 3. The van der Waals surface area contributed by atoms with Crippen LogP contribution < -0.4 is 0 Å². The van der Waals surface area contributed by atoms with E-state index in [-0.39, 0.29) is 16.2 Å². The van der Waals surface area contributed by atoms with Crippen LogP contribution in [0.5, 0.6) is 0 Å². The Labute approximate surface area is 173 Å². The zero-order valence-electron chi connectivity index (χ0n) is 16.1. The molecule has 1 aromatic heterocycles. The van der Waals surface area contributed by atoms with Gasteiger partial charge in [0.2, 0.25) is 0 Å². The van der Waals surface area contributed by atoms with Crippen LogP contribution in [-0.2, 0) is 10.0 Å². The molecule has 0 aliphatic heterocycles. The molecule has 6 heteroatoms. The molecule has 4 nitrogen and oxygen atoms in total. The lowest BCUT2D eigenvalue weighted by molar-refractivity contribution is 0.589. The number of aryl methyl sites for hydroxylation is 1. The Balaban J connectivity index is 1.89. The second kappa shape index (κ2) is 6.78. The molecule has 1 heterocycles. The smallest absolute Gasteiger partial charge is 0.227 e. The molecular formula is C24H17FN2O2S. The summed E-state index contributed by atoms with van der Waals surface area (Å²) in [4.78, 5) is 4.70. The van der Waals surface area contributed by atoms with Crippen molar-refractivity contribution < 1.29 is 12.8 Å². The first-order valence-electron chi connectivity index (χ1n) is 9.43. The fraction of sp³-hybridized carbons (Fsp3) is 0.0417. The highest BCUT2D eigenvalue weighted by molar-refractivity contribution is 7.90. The van der Waals surface area contributed by atoms with E-state index in [1.807, 2.05) is 49.4 Å². The highest BCUT2D eigenvalue weighted by atomic mass is 32.2. The summed E-state index contributed by atoms with van der Waals surface area (Å²) in [6.45, 7) is 1.90. The average Bonchev–Trinajstić information content (AvgIpc) is 3.12. The minimum atomic E-state index is -3.97. The maximum atomic E-state index is 13.9. The Bertz CT molecular complexity index is 1520. The van der Waals surface area contributed by atoms with Crippen molar-refractivity contribution in [2.45, 2.75) is 11.8 Å². The van der Waals surface area contributed by atoms with Crippen LogP contribution in [0.25, 0.3) is 33.2 Å². The van der Waals surface area contributed by atoms with E-state index in [1.165, 1.54) is 22.2 Å². The zero-order chi connectivity index (χ0) is 20.9. The lowest BCUT2D eigenvalue weighted by Crippen LogP contribution is -2.14. The molecule has 30 heavy (non-hydrogen) atoms. The molecule has 5 aromatic rings. The van der Waals surface area contributed by atoms with Crippen LogP contribution in [0.4, 0.5) is 4.39 Å². The van der Waals surface area contributed by atoms with Gasteiger partial charge in [0, 0.05) is 11.6 Å². The molecule has 0 N–H and O–H groups in total. The van der Waals surface area contributed by atoms with Crippen molar-refractivity contribution in [1.82, 2.24) is 8.96 Å². The van der Waals surface area contributed by atoms with Crippen LogP contribution in [0.1, 0.15) is 5.56 Å². The van der Waals surface area contributed by atoms with Crippen molar-refractivity contribution in [3.8, 4) is 11.4 Å². The third kappa shape index (κ3) is 2.88. The second-order valence-electron chi connectivity index (χ2n) is 7.18. The SMILES string of the molecule is Cc1ccc(S(=O)(=O)n2c(-c3cccc4ccccc34)nc3cc(F)ccc32)cc1. The Morgan fingerprint density at radius 3 is 2.40 bits per heavy atom. The topological polar surface area (TPSA) is 52.0 Å². The molecule has 0 fully saturated rings. The largest absolute Gasteiger partial charge is 0.269 e. The third-order valence-corrected chi connectivity index (χ3v) is 6.88.